The van der Waals surface area contributed by atoms with Gasteiger partial charge in [-0.1, -0.05) is 74.2 Å². The fraction of sp³-hybridized carbons (Fsp3) is 0.130. The fourth-order valence-electron chi connectivity index (χ4n) is 6.48. The van der Waals surface area contributed by atoms with Crippen LogP contribution in [0.25, 0.3) is 77.4 Å². The average molecular weight is 853 g/mol. The minimum atomic E-state index is 0. The molecule has 5 nitrogen and oxygen atoms in total. The molecule has 9 aromatic rings. The Morgan fingerprint density at radius 3 is 2.21 bits per heavy atom. The number of pyridine rings is 4. The van der Waals surface area contributed by atoms with E-state index in [0.717, 1.165) is 83.2 Å². The molecule has 4 aromatic carbocycles. The van der Waals surface area contributed by atoms with Crippen molar-refractivity contribution in [3.05, 3.63) is 157 Å². The molecule has 0 fully saturated rings. The molecule has 0 saturated heterocycles. The van der Waals surface area contributed by atoms with Gasteiger partial charge in [-0.25, -0.2) is 4.98 Å². The third kappa shape index (κ3) is 6.76. The Labute approximate surface area is 317 Å². The third-order valence-corrected chi connectivity index (χ3v) is 9.18. The Kier molecular flexibility index (Phi) is 9.54. The van der Waals surface area contributed by atoms with Crippen LogP contribution in [0, 0.1) is 26.0 Å². The molecule has 9 rings (SSSR count). The first-order chi connectivity index (χ1) is 24.7. The van der Waals surface area contributed by atoms with E-state index in [4.69, 9.17) is 19.4 Å². The molecule has 0 aliphatic rings. The second-order valence-electron chi connectivity index (χ2n) is 13.9. The van der Waals surface area contributed by atoms with Gasteiger partial charge >= 0.3 is 0 Å². The van der Waals surface area contributed by atoms with E-state index in [1.54, 1.807) is 6.20 Å². The van der Waals surface area contributed by atoms with Gasteiger partial charge in [0.05, 0.1) is 11.1 Å². The number of hydrogen-bond donors (Lipinski definition) is 0. The predicted molar refractivity (Wildman–Crippen MR) is 209 cm³/mol. The Morgan fingerprint density at radius 1 is 0.635 bits per heavy atom. The molecule has 257 valence electrons. The summed E-state index contributed by atoms with van der Waals surface area (Å²) in [6, 6.07) is 45.5. The van der Waals surface area contributed by atoms with Gasteiger partial charge < -0.3 is 14.4 Å². The van der Waals surface area contributed by atoms with Crippen LogP contribution in [-0.4, -0.2) is 19.9 Å². The van der Waals surface area contributed by atoms with Crippen molar-refractivity contribution in [1.82, 2.24) is 19.9 Å². The first kappa shape index (κ1) is 34.9. The summed E-state index contributed by atoms with van der Waals surface area (Å²) < 4.78 is 6.53. The van der Waals surface area contributed by atoms with Crippen molar-refractivity contribution in [3.63, 3.8) is 0 Å². The first-order valence-electron chi connectivity index (χ1n) is 17.1. The van der Waals surface area contributed by atoms with Gasteiger partial charge in [-0.3, -0.25) is 4.98 Å². The van der Waals surface area contributed by atoms with Gasteiger partial charge in [-0.2, -0.15) is 0 Å². The van der Waals surface area contributed by atoms with Crippen molar-refractivity contribution < 1.29 is 24.5 Å². The summed E-state index contributed by atoms with van der Waals surface area (Å²) in [4.78, 5) is 18.7. The van der Waals surface area contributed by atoms with Crippen LogP contribution in [0.2, 0.25) is 0 Å². The zero-order valence-corrected chi connectivity index (χ0v) is 32.0. The predicted octanol–water partition coefficient (Wildman–Crippen LogP) is 11.7. The maximum absolute atomic E-state index is 6.53. The van der Waals surface area contributed by atoms with E-state index in [1.165, 1.54) is 11.1 Å². The van der Waals surface area contributed by atoms with E-state index in [0.29, 0.717) is 0 Å². The van der Waals surface area contributed by atoms with Gasteiger partial charge in [0.2, 0.25) is 0 Å². The zero-order chi connectivity index (χ0) is 35.1. The minimum absolute atomic E-state index is 0. The van der Waals surface area contributed by atoms with E-state index in [2.05, 4.69) is 105 Å². The number of aryl methyl sites for hydroxylation is 2. The largest absolute Gasteiger partial charge is 0.498 e. The van der Waals surface area contributed by atoms with Crippen LogP contribution in [-0.2, 0) is 25.5 Å². The van der Waals surface area contributed by atoms with Gasteiger partial charge in [-0.05, 0) is 78.3 Å². The van der Waals surface area contributed by atoms with Crippen LogP contribution >= 0.6 is 0 Å². The minimum Gasteiger partial charge on any atom is -0.498 e. The van der Waals surface area contributed by atoms with Gasteiger partial charge in [0.1, 0.15) is 11.1 Å². The quantitative estimate of drug-likeness (QED) is 0.166. The summed E-state index contributed by atoms with van der Waals surface area (Å²) in [6.45, 7) is 10.7. The van der Waals surface area contributed by atoms with Crippen LogP contribution in [0.15, 0.2) is 132 Å². The molecule has 52 heavy (non-hydrogen) atoms. The van der Waals surface area contributed by atoms with Gasteiger partial charge in [0.25, 0.3) is 0 Å². The van der Waals surface area contributed by atoms with Crippen molar-refractivity contribution in [2.45, 2.75) is 40.0 Å². The Hall–Kier alpha value is -5.55. The number of hydrogen-bond acceptors (Lipinski definition) is 5. The Morgan fingerprint density at radius 2 is 1.42 bits per heavy atom. The van der Waals surface area contributed by atoms with Crippen LogP contribution in [0.5, 0.6) is 0 Å². The second kappa shape index (κ2) is 14.2. The summed E-state index contributed by atoms with van der Waals surface area (Å²) >= 11 is 0. The first-order valence-corrected chi connectivity index (χ1v) is 17.1. The van der Waals surface area contributed by atoms with Crippen LogP contribution in [0.1, 0.15) is 37.7 Å². The number of rotatable bonds is 3. The smallest absolute Gasteiger partial charge is 0.147 e. The SMILES string of the molecule is Cc1ccc2ccc3c4cc[c-]c(-c5cc(-c6cc7ccc(C(C)(C)C)nc7cc6C)ccn5)c4oc3c2n1.[Ir].[c-]1ccccc1-c1ccccn1. The number of fused-ring (bicyclic) bond motifs is 6. The van der Waals surface area contributed by atoms with E-state index < -0.39 is 0 Å². The summed E-state index contributed by atoms with van der Waals surface area (Å²) in [5.74, 6) is 0. The molecule has 1 radical (unpaired) electrons. The zero-order valence-electron chi connectivity index (χ0n) is 29.7. The Balaban J connectivity index is 0.000000275. The fourth-order valence-corrected chi connectivity index (χ4v) is 6.48. The van der Waals surface area contributed by atoms with Gasteiger partial charge in [0.15, 0.2) is 0 Å². The number of furan rings is 1. The monoisotopic (exact) mass is 853 g/mol. The van der Waals surface area contributed by atoms with Crippen molar-refractivity contribution >= 4 is 43.7 Å². The van der Waals surface area contributed by atoms with Crippen LogP contribution in [0.4, 0.5) is 0 Å². The number of aromatic nitrogens is 4. The van der Waals surface area contributed by atoms with Crippen LogP contribution in [0.3, 0.4) is 0 Å². The second-order valence-corrected chi connectivity index (χ2v) is 13.9. The van der Waals surface area contributed by atoms with Crippen LogP contribution < -0.4 is 0 Å². The third-order valence-electron chi connectivity index (χ3n) is 9.18. The van der Waals surface area contributed by atoms with Crippen molar-refractivity contribution in [2.75, 3.05) is 0 Å². The normalized spacial score (nSPS) is 11.4. The summed E-state index contributed by atoms with van der Waals surface area (Å²) in [7, 11) is 0. The average Bonchev–Trinajstić information content (AvgIpc) is 3.55. The Bertz CT molecular complexity index is 2660. The molecule has 0 atom stereocenters. The van der Waals surface area contributed by atoms with Crippen molar-refractivity contribution in [1.29, 1.82) is 0 Å². The molecule has 0 unspecified atom stereocenters. The number of nitrogens with zero attached hydrogens (tertiary/aromatic N) is 4. The van der Waals surface area contributed by atoms with Crippen molar-refractivity contribution in [2.24, 2.45) is 0 Å². The van der Waals surface area contributed by atoms with E-state index in [-0.39, 0.29) is 25.5 Å². The summed E-state index contributed by atoms with van der Waals surface area (Å²) in [6.07, 6.45) is 3.65. The maximum Gasteiger partial charge on any atom is 0.147 e. The maximum atomic E-state index is 6.53. The van der Waals surface area contributed by atoms with E-state index >= 15 is 0 Å². The van der Waals surface area contributed by atoms with E-state index in [9.17, 15) is 0 Å². The molecule has 0 aliphatic carbocycles. The molecule has 0 spiro atoms. The standard InChI is InChI=1S/C35H28N3O.C11H8N.Ir/c1-20-17-29-24(12-14-31(38-29)35(3,4)5)18-28(20)23-15-16-36-30(19-23)27-8-6-7-25-26-13-11-22-10-9-21(2)37-32(22)34(26)39-33(25)27;1-2-6-10(7-3-1)11-8-4-5-9-12-11;/h6-7,9-19H,1-5H3;1-6,8-9H;/q2*-1;. The topological polar surface area (TPSA) is 64.7 Å². The molecule has 5 heterocycles. The summed E-state index contributed by atoms with van der Waals surface area (Å²) in [5, 5.41) is 4.28. The van der Waals surface area contributed by atoms with E-state index in [1.807, 2.05) is 67.7 Å². The molecule has 0 saturated carbocycles. The molecule has 6 heteroatoms. The molecule has 0 aliphatic heterocycles. The molecule has 0 amide bonds. The molecule has 0 N–H and O–H groups in total. The summed E-state index contributed by atoms with van der Waals surface area (Å²) in [5.41, 5.74) is 12.7. The molecular weight excluding hydrogens is 817 g/mol. The number of benzene rings is 4. The molecular formula is C46H36IrN4O-2. The molecule has 0 bridgehead atoms. The molecule has 5 aromatic heterocycles. The van der Waals surface area contributed by atoms with Gasteiger partial charge in [-0.15, -0.1) is 54.1 Å². The van der Waals surface area contributed by atoms with Gasteiger partial charge in [0, 0.05) is 65.5 Å². The van der Waals surface area contributed by atoms with Crippen molar-refractivity contribution in [3.8, 4) is 33.6 Å².